The molecule has 0 amide bonds. The molecule has 0 aromatic heterocycles. The molecule has 0 spiro atoms. The van der Waals surface area contributed by atoms with E-state index in [1.54, 1.807) is 0 Å². The van der Waals surface area contributed by atoms with Crippen molar-refractivity contribution >= 4 is 11.8 Å². The zero-order valence-electron chi connectivity index (χ0n) is 9.96. The van der Waals surface area contributed by atoms with Gasteiger partial charge in [0.1, 0.15) is 0 Å². The lowest BCUT2D eigenvalue weighted by Crippen LogP contribution is -2.25. The van der Waals surface area contributed by atoms with Gasteiger partial charge in [-0.25, -0.2) is 0 Å². The molecule has 90 valence electrons. The fourth-order valence-electron chi connectivity index (χ4n) is 2.00. The standard InChI is InChI=1S/C12H25NOS/c1-15-11-5-8-13-9-10-14-12-6-3-2-4-7-12/h12-13H,2-11H2,1H3. The van der Waals surface area contributed by atoms with Crippen LogP contribution >= 0.6 is 11.8 Å². The number of ether oxygens (including phenoxy) is 1. The number of rotatable bonds is 8. The van der Waals surface area contributed by atoms with Crippen molar-refractivity contribution < 1.29 is 4.74 Å². The second-order valence-electron chi connectivity index (χ2n) is 4.23. The summed E-state index contributed by atoms with van der Waals surface area (Å²) in [7, 11) is 0. The molecular formula is C12H25NOS. The molecule has 0 unspecified atom stereocenters. The first kappa shape index (κ1) is 13.3. The fraction of sp³-hybridized carbons (Fsp3) is 1.00. The number of hydrogen-bond donors (Lipinski definition) is 1. The van der Waals surface area contributed by atoms with Gasteiger partial charge in [-0.3, -0.25) is 0 Å². The van der Waals surface area contributed by atoms with Crippen LogP contribution in [0.1, 0.15) is 38.5 Å². The molecule has 1 fully saturated rings. The summed E-state index contributed by atoms with van der Waals surface area (Å²) in [5.41, 5.74) is 0. The van der Waals surface area contributed by atoms with Gasteiger partial charge in [0.2, 0.25) is 0 Å². The summed E-state index contributed by atoms with van der Waals surface area (Å²) >= 11 is 1.92. The number of thioether (sulfide) groups is 1. The van der Waals surface area contributed by atoms with Gasteiger partial charge < -0.3 is 10.1 Å². The van der Waals surface area contributed by atoms with Gasteiger partial charge >= 0.3 is 0 Å². The summed E-state index contributed by atoms with van der Waals surface area (Å²) in [5, 5.41) is 3.42. The summed E-state index contributed by atoms with van der Waals surface area (Å²) in [6, 6.07) is 0. The van der Waals surface area contributed by atoms with E-state index < -0.39 is 0 Å². The third-order valence-electron chi connectivity index (χ3n) is 2.89. The van der Waals surface area contributed by atoms with E-state index in [-0.39, 0.29) is 0 Å². The maximum absolute atomic E-state index is 5.82. The SMILES string of the molecule is CSCCCNCCOC1CCCCC1. The fourth-order valence-corrected chi connectivity index (χ4v) is 2.43. The maximum atomic E-state index is 5.82. The molecule has 0 saturated heterocycles. The minimum Gasteiger partial charge on any atom is -0.377 e. The highest BCUT2D eigenvalue weighted by Crippen LogP contribution is 2.19. The van der Waals surface area contributed by atoms with Gasteiger partial charge in [-0.2, -0.15) is 11.8 Å². The van der Waals surface area contributed by atoms with Crippen LogP contribution in [0.2, 0.25) is 0 Å². The van der Waals surface area contributed by atoms with E-state index >= 15 is 0 Å². The van der Waals surface area contributed by atoms with E-state index in [9.17, 15) is 0 Å². The van der Waals surface area contributed by atoms with Crippen molar-refractivity contribution in [2.24, 2.45) is 0 Å². The Morgan fingerprint density at radius 1 is 1.20 bits per heavy atom. The Hall–Kier alpha value is 0.270. The molecule has 1 aliphatic rings. The van der Waals surface area contributed by atoms with Gasteiger partial charge in [-0.15, -0.1) is 0 Å². The zero-order chi connectivity index (χ0) is 10.8. The molecule has 2 nitrogen and oxygen atoms in total. The first-order valence-electron chi connectivity index (χ1n) is 6.24. The third-order valence-corrected chi connectivity index (χ3v) is 3.58. The van der Waals surface area contributed by atoms with Crippen LogP contribution in [0.4, 0.5) is 0 Å². The topological polar surface area (TPSA) is 21.3 Å². The minimum atomic E-state index is 0.562. The molecule has 0 heterocycles. The molecular weight excluding hydrogens is 206 g/mol. The molecule has 15 heavy (non-hydrogen) atoms. The van der Waals surface area contributed by atoms with Crippen LogP contribution in [0.25, 0.3) is 0 Å². The lowest BCUT2D eigenvalue weighted by Gasteiger charge is -2.22. The van der Waals surface area contributed by atoms with Crippen molar-refractivity contribution in [3.8, 4) is 0 Å². The summed E-state index contributed by atoms with van der Waals surface area (Å²) < 4.78 is 5.82. The second-order valence-corrected chi connectivity index (χ2v) is 5.21. The third kappa shape index (κ3) is 7.20. The molecule has 0 bridgehead atoms. The Kier molecular flexibility index (Phi) is 8.44. The maximum Gasteiger partial charge on any atom is 0.0594 e. The van der Waals surface area contributed by atoms with Gasteiger partial charge in [0, 0.05) is 6.54 Å². The van der Waals surface area contributed by atoms with Gasteiger partial charge in [0.25, 0.3) is 0 Å². The smallest absolute Gasteiger partial charge is 0.0594 e. The lowest BCUT2D eigenvalue weighted by atomic mass is 9.98. The van der Waals surface area contributed by atoms with E-state index in [1.807, 2.05) is 11.8 Å². The van der Waals surface area contributed by atoms with Gasteiger partial charge in [-0.1, -0.05) is 19.3 Å². The summed E-state index contributed by atoms with van der Waals surface area (Å²) in [4.78, 5) is 0. The van der Waals surface area contributed by atoms with Crippen LogP contribution in [0.5, 0.6) is 0 Å². The zero-order valence-corrected chi connectivity index (χ0v) is 10.8. The molecule has 1 N–H and O–H groups in total. The molecule has 0 aromatic rings. The van der Waals surface area contributed by atoms with Gasteiger partial charge in [0.05, 0.1) is 12.7 Å². The Morgan fingerprint density at radius 3 is 2.73 bits per heavy atom. The molecule has 3 heteroatoms. The molecule has 1 aliphatic carbocycles. The Balaban J connectivity index is 1.79. The van der Waals surface area contributed by atoms with Crippen molar-refractivity contribution in [3.05, 3.63) is 0 Å². The average Bonchev–Trinajstić information content (AvgIpc) is 2.29. The molecule has 0 aliphatic heterocycles. The molecule has 0 radical (unpaired) electrons. The highest BCUT2D eigenvalue weighted by atomic mass is 32.2. The van der Waals surface area contributed by atoms with E-state index in [4.69, 9.17) is 4.74 Å². The van der Waals surface area contributed by atoms with Crippen LogP contribution in [-0.2, 0) is 4.74 Å². The van der Waals surface area contributed by atoms with Crippen LogP contribution in [0, 0.1) is 0 Å². The molecule has 1 rings (SSSR count). The van der Waals surface area contributed by atoms with Crippen molar-refractivity contribution in [2.75, 3.05) is 31.7 Å². The van der Waals surface area contributed by atoms with Gasteiger partial charge in [-0.05, 0) is 37.8 Å². The van der Waals surface area contributed by atoms with Crippen LogP contribution in [0.15, 0.2) is 0 Å². The number of hydrogen-bond acceptors (Lipinski definition) is 3. The Morgan fingerprint density at radius 2 is 2.00 bits per heavy atom. The van der Waals surface area contributed by atoms with Crippen molar-refractivity contribution in [1.82, 2.24) is 5.32 Å². The lowest BCUT2D eigenvalue weighted by molar-refractivity contribution is 0.0304. The van der Waals surface area contributed by atoms with Crippen LogP contribution < -0.4 is 5.32 Å². The van der Waals surface area contributed by atoms with E-state index in [0.717, 1.165) is 19.7 Å². The average molecular weight is 231 g/mol. The van der Waals surface area contributed by atoms with E-state index in [2.05, 4.69) is 11.6 Å². The minimum absolute atomic E-state index is 0.562. The first-order chi connectivity index (χ1) is 7.43. The second kappa shape index (κ2) is 9.49. The predicted octanol–water partition coefficient (Wildman–Crippen LogP) is 2.68. The van der Waals surface area contributed by atoms with Crippen molar-refractivity contribution in [2.45, 2.75) is 44.6 Å². The Bertz CT molecular complexity index is 138. The summed E-state index contributed by atoms with van der Waals surface area (Å²) in [6.45, 7) is 3.05. The number of nitrogens with one attached hydrogen (secondary N) is 1. The van der Waals surface area contributed by atoms with Crippen molar-refractivity contribution in [1.29, 1.82) is 0 Å². The Labute approximate surface area is 98.5 Å². The monoisotopic (exact) mass is 231 g/mol. The summed E-state index contributed by atoms with van der Waals surface area (Å²) in [6.07, 6.45) is 10.7. The largest absolute Gasteiger partial charge is 0.377 e. The van der Waals surface area contributed by atoms with Crippen molar-refractivity contribution in [3.63, 3.8) is 0 Å². The highest BCUT2D eigenvalue weighted by Gasteiger charge is 2.12. The first-order valence-corrected chi connectivity index (χ1v) is 7.64. The quantitative estimate of drug-likeness (QED) is 0.649. The van der Waals surface area contributed by atoms with Crippen LogP contribution in [0.3, 0.4) is 0 Å². The summed E-state index contributed by atoms with van der Waals surface area (Å²) in [5.74, 6) is 1.26. The molecule has 1 saturated carbocycles. The van der Waals surface area contributed by atoms with Gasteiger partial charge in [0.15, 0.2) is 0 Å². The van der Waals surface area contributed by atoms with E-state index in [0.29, 0.717) is 6.10 Å². The van der Waals surface area contributed by atoms with E-state index in [1.165, 1.54) is 44.3 Å². The predicted molar refractivity (Wildman–Crippen MR) is 68.7 cm³/mol. The molecule has 0 aromatic carbocycles. The molecule has 0 atom stereocenters. The highest BCUT2D eigenvalue weighted by molar-refractivity contribution is 7.98. The normalized spacial score (nSPS) is 18.2. The van der Waals surface area contributed by atoms with Crippen LogP contribution in [-0.4, -0.2) is 37.8 Å².